The Bertz CT molecular complexity index is 542. The number of hydrazine groups is 1. The molecule has 1 atom stereocenters. The van der Waals surface area contributed by atoms with Gasteiger partial charge in [0.05, 0.1) is 18.8 Å². The average Bonchev–Trinajstić information content (AvgIpc) is 2.48. The van der Waals surface area contributed by atoms with Crippen LogP contribution in [0.2, 0.25) is 0 Å². The van der Waals surface area contributed by atoms with E-state index in [4.69, 9.17) is 10.6 Å². The first-order valence-corrected chi connectivity index (χ1v) is 6.61. The van der Waals surface area contributed by atoms with Gasteiger partial charge in [-0.05, 0) is 43.5 Å². The number of aromatic nitrogens is 2. The van der Waals surface area contributed by atoms with Gasteiger partial charge in [0.15, 0.2) is 0 Å². The predicted octanol–water partition coefficient (Wildman–Crippen LogP) is 1.93. The van der Waals surface area contributed by atoms with E-state index >= 15 is 0 Å². The molecule has 5 heteroatoms. The number of hydrogen-bond donors (Lipinski definition) is 2. The van der Waals surface area contributed by atoms with E-state index in [2.05, 4.69) is 27.5 Å². The fourth-order valence-corrected chi connectivity index (χ4v) is 2.09. The van der Waals surface area contributed by atoms with E-state index < -0.39 is 0 Å². The minimum atomic E-state index is 0.0267. The first-order chi connectivity index (χ1) is 9.72. The lowest BCUT2D eigenvalue weighted by atomic mass is 10.0. The second-order valence-electron chi connectivity index (χ2n) is 4.63. The van der Waals surface area contributed by atoms with Crippen LogP contribution in [-0.2, 0) is 6.42 Å². The molecule has 20 heavy (non-hydrogen) atoms. The molecular weight excluding hydrogens is 252 g/mol. The first-order valence-electron chi connectivity index (χ1n) is 6.61. The van der Waals surface area contributed by atoms with Crippen molar-refractivity contribution in [3.8, 4) is 5.75 Å². The third-order valence-electron chi connectivity index (χ3n) is 3.24. The largest absolute Gasteiger partial charge is 0.497 e. The van der Waals surface area contributed by atoms with Gasteiger partial charge in [-0.1, -0.05) is 12.1 Å². The van der Waals surface area contributed by atoms with Crippen molar-refractivity contribution < 1.29 is 4.74 Å². The molecule has 0 saturated carbocycles. The topological polar surface area (TPSA) is 73.1 Å². The van der Waals surface area contributed by atoms with Crippen molar-refractivity contribution in [1.82, 2.24) is 15.4 Å². The highest BCUT2D eigenvalue weighted by atomic mass is 16.5. The standard InChI is InChI=1S/C15H20N4O/c1-11-17-10-9-14(18-11)15(19-16)8-5-12-3-6-13(20-2)7-4-12/h3-4,6-7,9-10,15,19H,5,8,16H2,1-2H3. The summed E-state index contributed by atoms with van der Waals surface area (Å²) in [6.07, 6.45) is 3.55. The summed E-state index contributed by atoms with van der Waals surface area (Å²) < 4.78 is 5.15. The van der Waals surface area contributed by atoms with Gasteiger partial charge < -0.3 is 4.74 Å². The van der Waals surface area contributed by atoms with E-state index in [1.165, 1.54) is 5.56 Å². The minimum absolute atomic E-state index is 0.0267. The Labute approximate surface area is 119 Å². The smallest absolute Gasteiger partial charge is 0.125 e. The van der Waals surface area contributed by atoms with Crippen molar-refractivity contribution in [3.63, 3.8) is 0 Å². The molecule has 0 aliphatic rings. The van der Waals surface area contributed by atoms with Crippen molar-refractivity contribution in [3.05, 3.63) is 53.6 Å². The molecule has 1 aromatic heterocycles. The van der Waals surface area contributed by atoms with Crippen molar-refractivity contribution in [2.75, 3.05) is 7.11 Å². The molecule has 0 spiro atoms. The van der Waals surface area contributed by atoms with Gasteiger partial charge in [0.25, 0.3) is 0 Å². The molecule has 0 radical (unpaired) electrons. The van der Waals surface area contributed by atoms with E-state index in [1.807, 2.05) is 25.1 Å². The molecule has 1 aromatic carbocycles. The molecule has 0 bridgehead atoms. The molecule has 2 aromatic rings. The number of ether oxygens (including phenoxy) is 1. The summed E-state index contributed by atoms with van der Waals surface area (Å²) in [6.45, 7) is 1.88. The summed E-state index contributed by atoms with van der Waals surface area (Å²) in [5, 5.41) is 0. The molecule has 2 rings (SSSR count). The first kappa shape index (κ1) is 14.4. The molecular formula is C15H20N4O. The molecule has 0 saturated heterocycles. The van der Waals surface area contributed by atoms with E-state index in [0.29, 0.717) is 0 Å². The molecule has 3 N–H and O–H groups in total. The van der Waals surface area contributed by atoms with Crippen molar-refractivity contribution in [1.29, 1.82) is 0 Å². The maximum absolute atomic E-state index is 5.63. The zero-order valence-electron chi connectivity index (χ0n) is 11.8. The Kier molecular flexibility index (Phi) is 5.03. The lowest BCUT2D eigenvalue weighted by Crippen LogP contribution is -2.29. The maximum Gasteiger partial charge on any atom is 0.125 e. The summed E-state index contributed by atoms with van der Waals surface area (Å²) in [5.41, 5.74) is 5.00. The van der Waals surface area contributed by atoms with Crippen LogP contribution >= 0.6 is 0 Å². The lowest BCUT2D eigenvalue weighted by Gasteiger charge is -2.15. The molecule has 0 aliphatic heterocycles. The summed E-state index contributed by atoms with van der Waals surface area (Å²) in [7, 11) is 1.67. The Hall–Kier alpha value is -1.98. The number of methoxy groups -OCH3 is 1. The van der Waals surface area contributed by atoms with Crippen LogP contribution in [0.3, 0.4) is 0 Å². The summed E-state index contributed by atoms with van der Waals surface area (Å²) in [6, 6.07) is 9.99. The highest BCUT2D eigenvalue weighted by Crippen LogP contribution is 2.18. The van der Waals surface area contributed by atoms with Crippen molar-refractivity contribution in [2.45, 2.75) is 25.8 Å². The van der Waals surface area contributed by atoms with Gasteiger partial charge in [-0.2, -0.15) is 0 Å². The van der Waals surface area contributed by atoms with Gasteiger partial charge in [-0.15, -0.1) is 0 Å². The third kappa shape index (κ3) is 3.76. The summed E-state index contributed by atoms with van der Waals surface area (Å²) in [5.74, 6) is 7.26. The Morgan fingerprint density at radius 2 is 2.00 bits per heavy atom. The van der Waals surface area contributed by atoms with E-state index in [-0.39, 0.29) is 6.04 Å². The Morgan fingerprint density at radius 1 is 1.25 bits per heavy atom. The van der Waals surface area contributed by atoms with Crippen LogP contribution in [0, 0.1) is 6.92 Å². The minimum Gasteiger partial charge on any atom is -0.497 e. The predicted molar refractivity (Wildman–Crippen MR) is 78.1 cm³/mol. The second-order valence-corrected chi connectivity index (χ2v) is 4.63. The zero-order chi connectivity index (χ0) is 14.4. The number of nitrogens with two attached hydrogens (primary N) is 1. The number of nitrogens with zero attached hydrogens (tertiary/aromatic N) is 2. The van der Waals surface area contributed by atoms with Crippen LogP contribution in [0.1, 0.15) is 29.5 Å². The van der Waals surface area contributed by atoms with Gasteiger partial charge in [-0.3, -0.25) is 11.3 Å². The van der Waals surface area contributed by atoms with Crippen molar-refractivity contribution in [2.24, 2.45) is 5.84 Å². The van der Waals surface area contributed by atoms with Gasteiger partial charge in [0.1, 0.15) is 11.6 Å². The van der Waals surface area contributed by atoms with E-state index in [1.54, 1.807) is 13.3 Å². The Balaban J connectivity index is 1.99. The summed E-state index contributed by atoms with van der Waals surface area (Å²) >= 11 is 0. The number of aryl methyl sites for hydroxylation is 2. The number of rotatable bonds is 6. The quantitative estimate of drug-likeness (QED) is 0.621. The fraction of sp³-hybridized carbons (Fsp3) is 0.333. The second kappa shape index (κ2) is 6.98. The Morgan fingerprint density at radius 3 is 2.60 bits per heavy atom. The monoisotopic (exact) mass is 272 g/mol. The molecule has 106 valence electrons. The van der Waals surface area contributed by atoms with E-state index in [0.717, 1.165) is 30.1 Å². The van der Waals surface area contributed by atoms with Crippen LogP contribution in [-0.4, -0.2) is 17.1 Å². The fourth-order valence-electron chi connectivity index (χ4n) is 2.09. The van der Waals surface area contributed by atoms with Gasteiger partial charge in [0, 0.05) is 6.20 Å². The number of benzene rings is 1. The SMILES string of the molecule is COc1ccc(CCC(NN)c2ccnc(C)n2)cc1. The average molecular weight is 272 g/mol. The van der Waals surface area contributed by atoms with Crippen LogP contribution < -0.4 is 16.0 Å². The number of nitrogens with one attached hydrogen (secondary N) is 1. The van der Waals surface area contributed by atoms with Gasteiger partial charge in [0.2, 0.25) is 0 Å². The van der Waals surface area contributed by atoms with Gasteiger partial charge in [-0.25, -0.2) is 9.97 Å². The molecule has 1 unspecified atom stereocenters. The van der Waals surface area contributed by atoms with E-state index in [9.17, 15) is 0 Å². The van der Waals surface area contributed by atoms with Crippen LogP contribution in [0.4, 0.5) is 0 Å². The zero-order valence-corrected chi connectivity index (χ0v) is 11.8. The highest BCUT2D eigenvalue weighted by molar-refractivity contribution is 5.27. The molecule has 1 heterocycles. The normalized spacial score (nSPS) is 12.2. The van der Waals surface area contributed by atoms with Gasteiger partial charge >= 0.3 is 0 Å². The van der Waals surface area contributed by atoms with Crippen LogP contribution in [0.15, 0.2) is 36.5 Å². The summed E-state index contributed by atoms with van der Waals surface area (Å²) in [4.78, 5) is 8.51. The maximum atomic E-state index is 5.63. The molecule has 0 fully saturated rings. The molecule has 0 amide bonds. The van der Waals surface area contributed by atoms with Crippen molar-refractivity contribution >= 4 is 0 Å². The highest BCUT2D eigenvalue weighted by Gasteiger charge is 2.11. The third-order valence-corrected chi connectivity index (χ3v) is 3.24. The van der Waals surface area contributed by atoms with Crippen LogP contribution in [0.25, 0.3) is 0 Å². The molecule has 0 aliphatic carbocycles. The molecule has 5 nitrogen and oxygen atoms in total. The lowest BCUT2D eigenvalue weighted by molar-refractivity contribution is 0.414. The number of hydrogen-bond acceptors (Lipinski definition) is 5. The van der Waals surface area contributed by atoms with Crippen LogP contribution in [0.5, 0.6) is 5.75 Å².